The topological polar surface area (TPSA) is 26.3 Å². The van der Waals surface area contributed by atoms with Gasteiger partial charge in [0.15, 0.2) is 0 Å². The number of halogens is 1. The molecule has 0 bridgehead atoms. The molecular weight excluding hydrogens is 195 g/mol. The first kappa shape index (κ1) is 10.1. The summed E-state index contributed by atoms with van der Waals surface area (Å²) >= 11 is 0. The highest BCUT2D eigenvalue weighted by Gasteiger charge is 2.50. The molecule has 1 fully saturated rings. The maximum Gasteiger partial charge on any atom is 0.140 e. The van der Waals surface area contributed by atoms with Gasteiger partial charge in [-0.1, -0.05) is 0 Å². The van der Waals surface area contributed by atoms with Crippen LogP contribution in [0.25, 0.3) is 0 Å². The van der Waals surface area contributed by atoms with Crippen LogP contribution >= 0.6 is 0 Å². The van der Waals surface area contributed by atoms with Gasteiger partial charge in [-0.2, -0.15) is 0 Å². The van der Waals surface area contributed by atoms with Crippen LogP contribution in [0.3, 0.4) is 0 Å². The average Bonchev–Trinajstić information content (AvgIpc) is 2.98. The van der Waals surface area contributed by atoms with E-state index in [2.05, 4.69) is 0 Å². The van der Waals surface area contributed by atoms with E-state index < -0.39 is 5.41 Å². The van der Waals surface area contributed by atoms with Crippen molar-refractivity contribution in [1.82, 2.24) is 0 Å². The van der Waals surface area contributed by atoms with Gasteiger partial charge in [-0.05, 0) is 38.0 Å². The van der Waals surface area contributed by atoms with Gasteiger partial charge in [-0.3, -0.25) is 4.79 Å². The molecule has 3 heteroatoms. The Labute approximate surface area is 88.1 Å². The van der Waals surface area contributed by atoms with Crippen LogP contribution in [0, 0.1) is 5.82 Å². The zero-order chi connectivity index (χ0) is 11.1. The molecule has 0 heterocycles. The maximum absolute atomic E-state index is 13.1. The van der Waals surface area contributed by atoms with Gasteiger partial charge in [0, 0.05) is 5.56 Å². The smallest absolute Gasteiger partial charge is 0.140 e. The highest BCUT2D eigenvalue weighted by Crippen LogP contribution is 2.52. The summed E-state index contributed by atoms with van der Waals surface area (Å²) in [4.78, 5) is 11.5. The van der Waals surface area contributed by atoms with Crippen LogP contribution in [0.1, 0.15) is 25.3 Å². The number of carbonyl (C=O) groups is 1. The zero-order valence-corrected chi connectivity index (χ0v) is 8.84. The third-order valence-electron chi connectivity index (χ3n) is 3.10. The monoisotopic (exact) mass is 208 g/mol. The van der Waals surface area contributed by atoms with E-state index in [4.69, 9.17) is 4.74 Å². The number of Topliss-reactive ketones (excluding diaryl/α,β-unsaturated/α-hetero) is 1. The van der Waals surface area contributed by atoms with Gasteiger partial charge in [0.1, 0.15) is 17.3 Å². The average molecular weight is 208 g/mol. The van der Waals surface area contributed by atoms with Crippen LogP contribution in [0.5, 0.6) is 5.75 Å². The lowest BCUT2D eigenvalue weighted by molar-refractivity contribution is -0.119. The molecule has 0 unspecified atom stereocenters. The molecule has 1 aliphatic carbocycles. The third kappa shape index (κ3) is 1.52. The molecule has 0 aliphatic heterocycles. The SMILES string of the molecule is COc1ccc(F)cc1C1(C(C)=O)CC1. The summed E-state index contributed by atoms with van der Waals surface area (Å²) in [5.41, 5.74) is 0.213. The molecule has 1 aliphatic rings. The minimum Gasteiger partial charge on any atom is -0.496 e. The summed E-state index contributed by atoms with van der Waals surface area (Å²) < 4.78 is 18.3. The van der Waals surface area contributed by atoms with E-state index in [0.717, 1.165) is 12.8 Å². The lowest BCUT2D eigenvalue weighted by atomic mass is 9.91. The predicted molar refractivity (Wildman–Crippen MR) is 54.5 cm³/mol. The number of ether oxygens (including phenoxy) is 1. The molecule has 2 nitrogen and oxygen atoms in total. The third-order valence-corrected chi connectivity index (χ3v) is 3.10. The molecule has 15 heavy (non-hydrogen) atoms. The van der Waals surface area contributed by atoms with E-state index in [9.17, 15) is 9.18 Å². The molecule has 0 spiro atoms. The van der Waals surface area contributed by atoms with Crippen molar-refractivity contribution in [1.29, 1.82) is 0 Å². The van der Waals surface area contributed by atoms with Crippen molar-refractivity contribution in [3.05, 3.63) is 29.6 Å². The second-order valence-electron chi connectivity index (χ2n) is 3.98. The molecule has 80 valence electrons. The molecule has 0 N–H and O–H groups in total. The van der Waals surface area contributed by atoms with Crippen LogP contribution in [-0.2, 0) is 10.2 Å². The van der Waals surface area contributed by atoms with Crippen LogP contribution < -0.4 is 4.74 Å². The predicted octanol–water partition coefficient (Wildman–Crippen LogP) is 2.45. The number of methoxy groups -OCH3 is 1. The van der Waals surface area contributed by atoms with Crippen molar-refractivity contribution >= 4 is 5.78 Å². The van der Waals surface area contributed by atoms with E-state index in [1.54, 1.807) is 13.0 Å². The minimum atomic E-state index is -0.479. The van der Waals surface area contributed by atoms with Gasteiger partial charge >= 0.3 is 0 Å². The second kappa shape index (κ2) is 3.33. The fourth-order valence-electron chi connectivity index (χ4n) is 1.99. The van der Waals surface area contributed by atoms with E-state index in [-0.39, 0.29) is 11.6 Å². The normalized spacial score (nSPS) is 17.3. The summed E-state index contributed by atoms with van der Waals surface area (Å²) in [6.45, 7) is 1.55. The van der Waals surface area contributed by atoms with Gasteiger partial charge < -0.3 is 4.74 Å². The highest BCUT2D eigenvalue weighted by atomic mass is 19.1. The van der Waals surface area contributed by atoms with Crippen LogP contribution in [0.15, 0.2) is 18.2 Å². The Morgan fingerprint density at radius 2 is 2.13 bits per heavy atom. The molecule has 0 atom stereocenters. The lowest BCUT2D eigenvalue weighted by Gasteiger charge is -2.15. The highest BCUT2D eigenvalue weighted by molar-refractivity contribution is 5.91. The largest absolute Gasteiger partial charge is 0.496 e. The Bertz CT molecular complexity index is 408. The first-order valence-corrected chi connectivity index (χ1v) is 4.95. The maximum atomic E-state index is 13.1. The molecule has 2 rings (SSSR count). The fourth-order valence-corrected chi connectivity index (χ4v) is 1.99. The molecule has 1 aromatic carbocycles. The van der Waals surface area contributed by atoms with E-state index in [0.29, 0.717) is 11.3 Å². The molecule has 1 saturated carbocycles. The quantitative estimate of drug-likeness (QED) is 0.762. The summed E-state index contributed by atoms with van der Waals surface area (Å²) in [5, 5.41) is 0. The van der Waals surface area contributed by atoms with Crippen LogP contribution in [0.2, 0.25) is 0 Å². The number of rotatable bonds is 3. The van der Waals surface area contributed by atoms with Gasteiger partial charge in [0.2, 0.25) is 0 Å². The van der Waals surface area contributed by atoms with Crippen molar-refractivity contribution in [2.45, 2.75) is 25.2 Å². The van der Waals surface area contributed by atoms with Crippen molar-refractivity contribution in [2.75, 3.05) is 7.11 Å². The summed E-state index contributed by atoms with van der Waals surface area (Å²) in [6, 6.07) is 4.33. The Morgan fingerprint density at radius 1 is 1.47 bits per heavy atom. The lowest BCUT2D eigenvalue weighted by Crippen LogP contribution is -2.18. The standard InChI is InChI=1S/C12H13FO2/c1-8(14)12(5-6-12)10-7-9(13)3-4-11(10)15-2/h3-4,7H,5-6H2,1-2H3. The second-order valence-corrected chi connectivity index (χ2v) is 3.98. The number of ketones is 1. The molecular formula is C12H13FO2. The molecule has 0 radical (unpaired) electrons. The van der Waals surface area contributed by atoms with Crippen molar-refractivity contribution in [2.24, 2.45) is 0 Å². The zero-order valence-electron chi connectivity index (χ0n) is 8.84. The van der Waals surface area contributed by atoms with E-state index in [1.165, 1.54) is 19.2 Å². The summed E-state index contributed by atoms with van der Waals surface area (Å²) in [7, 11) is 1.53. The van der Waals surface area contributed by atoms with E-state index >= 15 is 0 Å². The van der Waals surface area contributed by atoms with Crippen LogP contribution in [-0.4, -0.2) is 12.9 Å². The fraction of sp³-hybridized carbons (Fsp3) is 0.417. The Morgan fingerprint density at radius 3 is 2.60 bits per heavy atom. The van der Waals surface area contributed by atoms with Crippen molar-refractivity contribution < 1.29 is 13.9 Å². The Hall–Kier alpha value is -1.38. The Kier molecular flexibility index (Phi) is 2.25. The summed E-state index contributed by atoms with van der Waals surface area (Å²) in [5.74, 6) is 0.369. The van der Waals surface area contributed by atoms with Gasteiger partial charge in [0.05, 0.1) is 12.5 Å². The first-order chi connectivity index (χ1) is 7.10. The number of benzene rings is 1. The number of hydrogen-bond acceptors (Lipinski definition) is 2. The van der Waals surface area contributed by atoms with Gasteiger partial charge in [0.25, 0.3) is 0 Å². The van der Waals surface area contributed by atoms with Gasteiger partial charge in [-0.25, -0.2) is 4.39 Å². The minimum absolute atomic E-state index is 0.0893. The van der Waals surface area contributed by atoms with Crippen LogP contribution in [0.4, 0.5) is 4.39 Å². The molecule has 0 aromatic heterocycles. The van der Waals surface area contributed by atoms with Gasteiger partial charge in [-0.15, -0.1) is 0 Å². The summed E-state index contributed by atoms with van der Waals surface area (Å²) in [6.07, 6.45) is 1.59. The molecule has 0 amide bonds. The number of carbonyl (C=O) groups excluding carboxylic acids is 1. The number of hydrogen-bond donors (Lipinski definition) is 0. The van der Waals surface area contributed by atoms with Crippen molar-refractivity contribution in [3.8, 4) is 5.75 Å². The van der Waals surface area contributed by atoms with Crippen molar-refractivity contribution in [3.63, 3.8) is 0 Å². The van der Waals surface area contributed by atoms with E-state index in [1.807, 2.05) is 0 Å². The Balaban J connectivity index is 2.51. The molecule has 0 saturated heterocycles. The molecule has 1 aromatic rings. The first-order valence-electron chi connectivity index (χ1n) is 4.95.